The van der Waals surface area contributed by atoms with Gasteiger partial charge in [0, 0.05) is 36.3 Å². The molecule has 2 aromatic carbocycles. The lowest BCUT2D eigenvalue weighted by molar-refractivity contribution is -0.119. The molecule has 1 saturated heterocycles. The SMILES string of the molecule is CN1C(=O)C(NC(=S)N2CCOCC2)N=C(c2ccccc2)c2cc(Cl)ccc21. The molecule has 4 rings (SSSR count). The van der Waals surface area contributed by atoms with E-state index in [1.807, 2.05) is 47.4 Å². The Morgan fingerprint density at radius 2 is 1.93 bits per heavy atom. The summed E-state index contributed by atoms with van der Waals surface area (Å²) in [6, 6.07) is 15.2. The van der Waals surface area contributed by atoms with Crippen molar-refractivity contribution in [2.45, 2.75) is 6.17 Å². The fourth-order valence-corrected chi connectivity index (χ4v) is 3.91. The van der Waals surface area contributed by atoms with E-state index in [1.165, 1.54) is 0 Å². The van der Waals surface area contributed by atoms with E-state index in [1.54, 1.807) is 18.0 Å². The van der Waals surface area contributed by atoms with Crippen molar-refractivity contribution in [2.75, 3.05) is 38.3 Å². The predicted octanol–water partition coefficient (Wildman–Crippen LogP) is 2.69. The third kappa shape index (κ3) is 4.12. The fraction of sp³-hybridized carbons (Fsp3) is 0.286. The second-order valence-electron chi connectivity index (χ2n) is 6.85. The van der Waals surface area contributed by atoms with Crippen molar-refractivity contribution in [3.63, 3.8) is 0 Å². The Kier molecular flexibility index (Phi) is 5.80. The number of ether oxygens (including phenoxy) is 1. The number of carbonyl (C=O) groups excluding carboxylic acids is 1. The molecule has 1 N–H and O–H groups in total. The molecule has 8 heteroatoms. The van der Waals surface area contributed by atoms with Gasteiger partial charge in [0.15, 0.2) is 5.11 Å². The highest BCUT2D eigenvalue weighted by molar-refractivity contribution is 7.80. The van der Waals surface area contributed by atoms with Crippen LogP contribution in [0.1, 0.15) is 11.1 Å². The molecule has 2 aliphatic heterocycles. The predicted molar refractivity (Wildman–Crippen MR) is 119 cm³/mol. The number of rotatable bonds is 2. The lowest BCUT2D eigenvalue weighted by atomic mass is 10.0. The zero-order valence-electron chi connectivity index (χ0n) is 16.0. The van der Waals surface area contributed by atoms with Crippen molar-refractivity contribution in [3.8, 4) is 0 Å². The van der Waals surface area contributed by atoms with Crippen LogP contribution < -0.4 is 10.2 Å². The van der Waals surface area contributed by atoms with Gasteiger partial charge in [-0.3, -0.25) is 4.79 Å². The lowest BCUT2D eigenvalue weighted by Gasteiger charge is -2.31. The zero-order chi connectivity index (χ0) is 20.4. The van der Waals surface area contributed by atoms with Gasteiger partial charge in [-0.2, -0.15) is 0 Å². The van der Waals surface area contributed by atoms with Crippen LogP contribution in [0.2, 0.25) is 5.02 Å². The van der Waals surface area contributed by atoms with Gasteiger partial charge in [-0.1, -0.05) is 41.9 Å². The van der Waals surface area contributed by atoms with Crippen molar-refractivity contribution in [1.82, 2.24) is 10.2 Å². The van der Waals surface area contributed by atoms with Crippen LogP contribution in [0.3, 0.4) is 0 Å². The van der Waals surface area contributed by atoms with Crippen LogP contribution in [0.25, 0.3) is 0 Å². The van der Waals surface area contributed by atoms with Crippen LogP contribution in [-0.4, -0.2) is 61.1 Å². The number of likely N-dealkylation sites (N-methyl/N-ethyl adjacent to an activating group) is 1. The molecular formula is C21H21ClN4O2S. The third-order valence-corrected chi connectivity index (χ3v) is 5.61. The topological polar surface area (TPSA) is 57.2 Å². The Balaban J connectivity index is 1.75. The van der Waals surface area contributed by atoms with Crippen LogP contribution in [0.15, 0.2) is 53.5 Å². The van der Waals surface area contributed by atoms with Gasteiger partial charge in [-0.05, 0) is 30.4 Å². The molecule has 2 aliphatic rings. The summed E-state index contributed by atoms with van der Waals surface area (Å²) in [6.07, 6.45) is -0.836. The molecule has 0 aromatic heterocycles. The van der Waals surface area contributed by atoms with Crippen molar-refractivity contribution in [1.29, 1.82) is 0 Å². The highest BCUT2D eigenvalue weighted by Crippen LogP contribution is 2.29. The third-order valence-electron chi connectivity index (χ3n) is 5.00. The Hall–Kier alpha value is -2.48. The number of nitrogens with zero attached hydrogens (tertiary/aromatic N) is 3. The number of halogens is 1. The Morgan fingerprint density at radius 1 is 1.21 bits per heavy atom. The summed E-state index contributed by atoms with van der Waals surface area (Å²) in [7, 11) is 1.74. The summed E-state index contributed by atoms with van der Waals surface area (Å²) in [5.41, 5.74) is 3.16. The molecule has 1 amide bonds. The zero-order valence-corrected chi connectivity index (χ0v) is 17.5. The number of morpholine rings is 1. The molecule has 2 heterocycles. The van der Waals surface area contributed by atoms with Crippen molar-refractivity contribution >= 4 is 46.2 Å². The van der Waals surface area contributed by atoms with Crippen LogP contribution >= 0.6 is 23.8 Å². The highest BCUT2D eigenvalue weighted by Gasteiger charge is 2.31. The first-order chi connectivity index (χ1) is 14.0. The van der Waals surface area contributed by atoms with Crippen molar-refractivity contribution < 1.29 is 9.53 Å². The maximum absolute atomic E-state index is 13.2. The number of amides is 1. The Morgan fingerprint density at radius 3 is 2.66 bits per heavy atom. The van der Waals surface area contributed by atoms with Gasteiger partial charge in [0.25, 0.3) is 5.91 Å². The van der Waals surface area contributed by atoms with E-state index in [0.29, 0.717) is 42.2 Å². The number of hydrogen-bond donors (Lipinski definition) is 1. The molecule has 1 unspecified atom stereocenters. The number of aliphatic imine (C=N–C) groups is 1. The van der Waals surface area contributed by atoms with Crippen LogP contribution in [0.4, 0.5) is 5.69 Å². The second kappa shape index (κ2) is 8.49. The van der Waals surface area contributed by atoms with E-state index in [9.17, 15) is 4.79 Å². The van der Waals surface area contributed by atoms with Crippen molar-refractivity contribution in [2.24, 2.45) is 4.99 Å². The molecule has 150 valence electrons. The summed E-state index contributed by atoms with van der Waals surface area (Å²) in [5.74, 6) is -0.185. The van der Waals surface area contributed by atoms with Gasteiger partial charge >= 0.3 is 0 Å². The summed E-state index contributed by atoms with van der Waals surface area (Å²) in [4.78, 5) is 21.6. The number of fused-ring (bicyclic) bond motifs is 1. The van der Waals surface area contributed by atoms with E-state index in [-0.39, 0.29) is 5.91 Å². The number of benzodiazepines with no additional fused rings is 1. The smallest absolute Gasteiger partial charge is 0.272 e. The van der Waals surface area contributed by atoms with Gasteiger partial charge in [0.05, 0.1) is 24.6 Å². The molecule has 0 spiro atoms. The molecule has 6 nitrogen and oxygen atoms in total. The minimum absolute atomic E-state index is 0.185. The maximum Gasteiger partial charge on any atom is 0.272 e. The minimum atomic E-state index is -0.836. The standard InChI is InChI=1S/C21H21ClN4O2S/c1-25-17-8-7-15(22)13-16(17)18(14-5-3-2-4-6-14)23-19(20(25)27)24-21(29)26-9-11-28-12-10-26/h2-8,13,19H,9-12H2,1H3,(H,24,29). The molecule has 0 saturated carbocycles. The van der Waals surface area contributed by atoms with Gasteiger partial charge in [0.1, 0.15) is 0 Å². The van der Waals surface area contributed by atoms with Crippen molar-refractivity contribution in [3.05, 3.63) is 64.7 Å². The maximum atomic E-state index is 13.2. The summed E-state index contributed by atoms with van der Waals surface area (Å²) in [6.45, 7) is 2.60. The number of nitrogens with one attached hydrogen (secondary N) is 1. The Bertz CT molecular complexity index is 960. The Labute approximate surface area is 180 Å². The molecular weight excluding hydrogens is 408 g/mol. The van der Waals surface area contributed by atoms with Gasteiger partial charge < -0.3 is 19.9 Å². The monoisotopic (exact) mass is 428 g/mol. The highest BCUT2D eigenvalue weighted by atomic mass is 35.5. The van der Waals surface area contributed by atoms with Crippen LogP contribution in [0.5, 0.6) is 0 Å². The number of hydrogen-bond acceptors (Lipinski definition) is 4. The van der Waals surface area contributed by atoms with Gasteiger partial charge in [-0.15, -0.1) is 0 Å². The molecule has 1 atom stereocenters. The number of thiocarbonyl (C=S) groups is 1. The van der Waals surface area contributed by atoms with Gasteiger partial charge in [-0.25, -0.2) is 4.99 Å². The van der Waals surface area contributed by atoms with E-state index in [0.717, 1.165) is 16.8 Å². The van der Waals surface area contributed by atoms with E-state index < -0.39 is 6.17 Å². The normalized spacial score (nSPS) is 19.3. The molecule has 29 heavy (non-hydrogen) atoms. The molecule has 0 radical (unpaired) electrons. The first kappa shape index (κ1) is 19.8. The quantitative estimate of drug-likeness (QED) is 0.745. The lowest BCUT2D eigenvalue weighted by Crippen LogP contribution is -2.52. The van der Waals surface area contributed by atoms with E-state index in [2.05, 4.69) is 5.32 Å². The van der Waals surface area contributed by atoms with E-state index >= 15 is 0 Å². The van der Waals surface area contributed by atoms with Gasteiger partial charge in [0.2, 0.25) is 6.17 Å². The second-order valence-corrected chi connectivity index (χ2v) is 7.68. The molecule has 1 fully saturated rings. The number of anilines is 1. The molecule has 0 aliphatic carbocycles. The van der Waals surface area contributed by atoms with E-state index in [4.69, 9.17) is 33.5 Å². The molecule has 0 bridgehead atoms. The minimum Gasteiger partial charge on any atom is -0.378 e. The fourth-order valence-electron chi connectivity index (χ4n) is 3.44. The first-order valence-corrected chi connectivity index (χ1v) is 10.2. The number of carbonyl (C=O) groups is 1. The summed E-state index contributed by atoms with van der Waals surface area (Å²) < 4.78 is 5.38. The summed E-state index contributed by atoms with van der Waals surface area (Å²) in [5, 5.41) is 4.23. The summed E-state index contributed by atoms with van der Waals surface area (Å²) >= 11 is 11.8. The molecule has 2 aromatic rings. The largest absolute Gasteiger partial charge is 0.378 e. The van der Waals surface area contributed by atoms with Crippen LogP contribution in [0, 0.1) is 0 Å². The average Bonchev–Trinajstić information content (AvgIpc) is 2.85. The van der Waals surface area contributed by atoms with Crippen LogP contribution in [-0.2, 0) is 9.53 Å². The number of benzene rings is 2. The average molecular weight is 429 g/mol. The first-order valence-electron chi connectivity index (χ1n) is 9.38.